The molecule has 0 saturated carbocycles. The quantitative estimate of drug-likeness (QED) is 0.0481. The monoisotopic (exact) mass is 622 g/mol. The summed E-state index contributed by atoms with van der Waals surface area (Å²) in [6.45, 7) is 4.31. The lowest BCUT2D eigenvalue weighted by molar-refractivity contribution is -0.123. The first kappa shape index (κ1) is 43.1. The number of aliphatic hydroxyl groups is 2. The predicted octanol–water partition coefficient (Wildman–Crippen LogP) is 11.9. The zero-order valence-electron chi connectivity index (χ0n) is 29.9. The van der Waals surface area contributed by atoms with Gasteiger partial charge in [-0.1, -0.05) is 193 Å². The highest BCUT2D eigenvalue weighted by Crippen LogP contribution is 2.16. The van der Waals surface area contributed by atoms with E-state index >= 15 is 0 Å². The van der Waals surface area contributed by atoms with Crippen molar-refractivity contribution in [1.29, 1.82) is 0 Å². The van der Waals surface area contributed by atoms with E-state index in [1.807, 2.05) is 0 Å². The highest BCUT2D eigenvalue weighted by Gasteiger charge is 2.19. The van der Waals surface area contributed by atoms with E-state index in [9.17, 15) is 15.0 Å². The molecular formula is C40H79NO3. The predicted molar refractivity (Wildman–Crippen MR) is 193 cm³/mol. The Balaban J connectivity index is 3.49. The summed E-state index contributed by atoms with van der Waals surface area (Å²) in [6, 6.07) is -0.533. The topological polar surface area (TPSA) is 69.6 Å². The Morgan fingerprint density at radius 2 is 0.909 bits per heavy atom. The molecule has 0 aliphatic rings. The van der Waals surface area contributed by atoms with Gasteiger partial charge in [-0.3, -0.25) is 4.79 Å². The van der Waals surface area contributed by atoms with Crippen LogP contribution in [-0.4, -0.2) is 34.9 Å². The van der Waals surface area contributed by atoms with Gasteiger partial charge in [0, 0.05) is 6.42 Å². The van der Waals surface area contributed by atoms with E-state index < -0.39 is 12.1 Å². The summed E-state index contributed by atoms with van der Waals surface area (Å²) in [4.78, 5) is 12.4. The van der Waals surface area contributed by atoms with E-state index in [1.54, 1.807) is 0 Å². The van der Waals surface area contributed by atoms with Crippen molar-refractivity contribution in [3.63, 3.8) is 0 Å². The summed E-state index contributed by atoms with van der Waals surface area (Å²) < 4.78 is 0. The zero-order valence-corrected chi connectivity index (χ0v) is 29.9. The fourth-order valence-corrected chi connectivity index (χ4v) is 6.19. The van der Waals surface area contributed by atoms with E-state index in [2.05, 4.69) is 31.3 Å². The molecule has 0 aromatic heterocycles. The summed E-state index contributed by atoms with van der Waals surface area (Å²) in [5, 5.41) is 23.1. The fourth-order valence-electron chi connectivity index (χ4n) is 6.19. The number of nitrogens with one attached hydrogen (secondary N) is 1. The molecule has 44 heavy (non-hydrogen) atoms. The van der Waals surface area contributed by atoms with Crippen molar-refractivity contribution in [2.75, 3.05) is 6.61 Å². The van der Waals surface area contributed by atoms with Crippen molar-refractivity contribution in [1.82, 2.24) is 5.32 Å². The number of aliphatic hydroxyl groups excluding tert-OH is 2. The van der Waals surface area contributed by atoms with Crippen molar-refractivity contribution >= 4 is 5.91 Å². The van der Waals surface area contributed by atoms with Gasteiger partial charge < -0.3 is 15.5 Å². The van der Waals surface area contributed by atoms with Crippen LogP contribution in [0.4, 0.5) is 0 Å². The molecule has 0 radical (unpaired) electrons. The molecule has 4 heteroatoms. The number of allylic oxidation sites excluding steroid dienone is 2. The Morgan fingerprint density at radius 1 is 0.523 bits per heavy atom. The average Bonchev–Trinajstić information content (AvgIpc) is 3.03. The second-order valence-electron chi connectivity index (χ2n) is 13.7. The minimum Gasteiger partial charge on any atom is -0.394 e. The Kier molecular flexibility index (Phi) is 35.9. The minimum absolute atomic E-state index is 0.0315. The molecule has 4 nitrogen and oxygen atoms in total. The maximum absolute atomic E-state index is 12.4. The third-order valence-corrected chi connectivity index (χ3v) is 9.26. The molecule has 0 heterocycles. The molecular weight excluding hydrogens is 542 g/mol. The molecule has 2 unspecified atom stereocenters. The molecule has 1 amide bonds. The SMILES string of the molecule is CCCC=CCCCCCCCCCCC(O)C(CO)NC(=O)CCCCCCCCCCCCCCCCCCCCC. The molecule has 0 aliphatic carbocycles. The first-order valence-corrected chi connectivity index (χ1v) is 19.9. The maximum Gasteiger partial charge on any atom is 0.220 e. The standard InChI is InChI=1S/C40H79NO3/c1-3-5-7-9-11-13-15-17-18-19-20-21-22-24-26-28-30-32-34-36-40(44)41-38(37-42)39(43)35-33-31-29-27-25-23-16-14-12-10-8-6-4-2/h8,10,38-39,42-43H,3-7,9,11-37H2,1-2H3,(H,41,44). The molecule has 0 bridgehead atoms. The highest BCUT2D eigenvalue weighted by atomic mass is 16.3. The lowest BCUT2D eigenvalue weighted by Crippen LogP contribution is -2.45. The number of rotatable bonds is 36. The number of hydrogen-bond donors (Lipinski definition) is 3. The molecule has 3 N–H and O–H groups in total. The van der Waals surface area contributed by atoms with Crippen LogP contribution in [-0.2, 0) is 4.79 Å². The van der Waals surface area contributed by atoms with Crippen molar-refractivity contribution in [3.8, 4) is 0 Å². The van der Waals surface area contributed by atoms with Gasteiger partial charge in [-0.2, -0.15) is 0 Å². The van der Waals surface area contributed by atoms with Crippen LogP contribution in [0.15, 0.2) is 12.2 Å². The normalized spacial score (nSPS) is 13.1. The van der Waals surface area contributed by atoms with Crippen LogP contribution in [0, 0.1) is 0 Å². The van der Waals surface area contributed by atoms with Gasteiger partial charge in [0.1, 0.15) is 0 Å². The summed E-state index contributed by atoms with van der Waals surface area (Å²) in [7, 11) is 0. The molecule has 262 valence electrons. The van der Waals surface area contributed by atoms with Crippen LogP contribution in [0.25, 0.3) is 0 Å². The van der Waals surface area contributed by atoms with E-state index in [1.165, 1.54) is 167 Å². The van der Waals surface area contributed by atoms with Gasteiger partial charge in [-0.25, -0.2) is 0 Å². The summed E-state index contributed by atoms with van der Waals surface area (Å²) in [5.41, 5.74) is 0. The van der Waals surface area contributed by atoms with Gasteiger partial charge in [0.2, 0.25) is 5.91 Å². The van der Waals surface area contributed by atoms with Crippen molar-refractivity contribution in [2.45, 2.75) is 231 Å². The van der Waals surface area contributed by atoms with Crippen LogP contribution < -0.4 is 5.32 Å². The Hall–Kier alpha value is -0.870. The molecule has 2 atom stereocenters. The average molecular weight is 622 g/mol. The van der Waals surface area contributed by atoms with Crippen LogP contribution in [0.5, 0.6) is 0 Å². The molecule has 0 fully saturated rings. The molecule has 0 aromatic rings. The minimum atomic E-state index is -0.658. The van der Waals surface area contributed by atoms with Crippen LogP contribution in [0.2, 0.25) is 0 Å². The fraction of sp³-hybridized carbons (Fsp3) is 0.925. The lowest BCUT2D eigenvalue weighted by atomic mass is 10.0. The first-order valence-electron chi connectivity index (χ1n) is 19.9. The van der Waals surface area contributed by atoms with Crippen LogP contribution >= 0.6 is 0 Å². The first-order chi connectivity index (χ1) is 21.7. The second-order valence-corrected chi connectivity index (χ2v) is 13.7. The summed E-state index contributed by atoms with van der Waals surface area (Å²) in [6.07, 6.45) is 44.2. The second kappa shape index (κ2) is 36.6. The van der Waals surface area contributed by atoms with E-state index in [0.717, 1.165) is 25.7 Å². The third kappa shape index (κ3) is 32.5. The smallest absolute Gasteiger partial charge is 0.220 e. The van der Waals surface area contributed by atoms with E-state index in [4.69, 9.17) is 0 Å². The molecule has 0 aliphatic heterocycles. The number of amides is 1. The van der Waals surface area contributed by atoms with E-state index in [0.29, 0.717) is 12.8 Å². The van der Waals surface area contributed by atoms with E-state index in [-0.39, 0.29) is 12.5 Å². The van der Waals surface area contributed by atoms with Gasteiger partial charge in [0.25, 0.3) is 0 Å². The lowest BCUT2D eigenvalue weighted by Gasteiger charge is -2.22. The van der Waals surface area contributed by atoms with Gasteiger partial charge >= 0.3 is 0 Å². The largest absolute Gasteiger partial charge is 0.394 e. The highest BCUT2D eigenvalue weighted by molar-refractivity contribution is 5.76. The number of carbonyl (C=O) groups excluding carboxylic acids is 1. The van der Waals surface area contributed by atoms with Crippen LogP contribution in [0.3, 0.4) is 0 Å². The third-order valence-electron chi connectivity index (χ3n) is 9.26. The molecule has 0 aromatic carbocycles. The molecule has 0 saturated heterocycles. The Bertz CT molecular complexity index is 593. The van der Waals surface area contributed by atoms with Crippen molar-refractivity contribution in [2.24, 2.45) is 0 Å². The number of hydrogen-bond acceptors (Lipinski definition) is 3. The molecule has 0 rings (SSSR count). The summed E-state index contributed by atoms with van der Waals surface area (Å²) >= 11 is 0. The van der Waals surface area contributed by atoms with Crippen molar-refractivity contribution in [3.05, 3.63) is 12.2 Å². The van der Waals surface area contributed by atoms with Crippen molar-refractivity contribution < 1.29 is 15.0 Å². The zero-order chi connectivity index (χ0) is 32.2. The van der Waals surface area contributed by atoms with Crippen LogP contribution in [0.1, 0.15) is 219 Å². The Morgan fingerprint density at radius 3 is 1.34 bits per heavy atom. The van der Waals surface area contributed by atoms with Gasteiger partial charge in [-0.15, -0.1) is 0 Å². The van der Waals surface area contributed by atoms with Gasteiger partial charge in [-0.05, 0) is 32.1 Å². The molecule has 0 spiro atoms. The maximum atomic E-state index is 12.4. The number of unbranched alkanes of at least 4 members (excludes halogenated alkanes) is 27. The Labute approximate surface area is 276 Å². The van der Waals surface area contributed by atoms with Gasteiger partial charge in [0.05, 0.1) is 18.8 Å². The summed E-state index contributed by atoms with van der Waals surface area (Å²) in [5.74, 6) is -0.0315. The number of carbonyl (C=O) groups is 1. The van der Waals surface area contributed by atoms with Gasteiger partial charge in [0.15, 0.2) is 0 Å².